The van der Waals surface area contributed by atoms with E-state index in [1.807, 2.05) is 24.3 Å². The largest absolute Gasteiger partial charge is 0.379 e. The summed E-state index contributed by atoms with van der Waals surface area (Å²) in [7, 11) is 0. The van der Waals surface area contributed by atoms with Crippen LogP contribution in [0.15, 0.2) is 34.9 Å². The topological polar surface area (TPSA) is 67.6 Å². The standard InChI is InChI=1S/C18H22ClN3O3/c1-13-10-14(21-25-13)11-18(23)20-12-17(22-6-8-24-9-7-22)15-4-2-3-5-16(15)19/h2-5,10,17H,6-9,11-12H2,1H3,(H,20,23). The Morgan fingerprint density at radius 1 is 1.36 bits per heavy atom. The van der Waals surface area contributed by atoms with Crippen molar-refractivity contribution in [3.8, 4) is 0 Å². The third kappa shape index (κ3) is 4.81. The molecule has 2 heterocycles. The highest BCUT2D eigenvalue weighted by Crippen LogP contribution is 2.27. The van der Waals surface area contributed by atoms with Crippen molar-refractivity contribution in [2.75, 3.05) is 32.8 Å². The molecule has 1 fully saturated rings. The van der Waals surface area contributed by atoms with Crippen LogP contribution < -0.4 is 5.32 Å². The van der Waals surface area contributed by atoms with Crippen LogP contribution in [0, 0.1) is 6.92 Å². The van der Waals surface area contributed by atoms with Crippen LogP contribution in [-0.2, 0) is 16.0 Å². The molecule has 6 nitrogen and oxygen atoms in total. The van der Waals surface area contributed by atoms with Crippen molar-refractivity contribution in [3.63, 3.8) is 0 Å². The van der Waals surface area contributed by atoms with Gasteiger partial charge < -0.3 is 14.6 Å². The molecule has 1 aromatic carbocycles. The van der Waals surface area contributed by atoms with Crippen LogP contribution in [0.2, 0.25) is 5.02 Å². The van der Waals surface area contributed by atoms with Crippen molar-refractivity contribution in [2.45, 2.75) is 19.4 Å². The lowest BCUT2D eigenvalue weighted by Gasteiger charge is -2.35. The molecule has 1 N–H and O–H groups in total. The van der Waals surface area contributed by atoms with E-state index in [9.17, 15) is 4.79 Å². The van der Waals surface area contributed by atoms with Gasteiger partial charge >= 0.3 is 0 Å². The molecule has 1 aromatic heterocycles. The van der Waals surface area contributed by atoms with Crippen molar-refractivity contribution >= 4 is 17.5 Å². The maximum absolute atomic E-state index is 12.3. The molecule has 2 aromatic rings. The van der Waals surface area contributed by atoms with Crippen molar-refractivity contribution in [1.82, 2.24) is 15.4 Å². The van der Waals surface area contributed by atoms with Crippen molar-refractivity contribution in [2.24, 2.45) is 0 Å². The van der Waals surface area contributed by atoms with Gasteiger partial charge in [-0.1, -0.05) is 35.0 Å². The minimum atomic E-state index is -0.0846. The number of benzene rings is 1. The molecule has 0 aliphatic carbocycles. The van der Waals surface area contributed by atoms with Crippen molar-refractivity contribution < 1.29 is 14.1 Å². The van der Waals surface area contributed by atoms with Crippen LogP contribution in [-0.4, -0.2) is 48.8 Å². The molecule has 25 heavy (non-hydrogen) atoms. The Labute approximate surface area is 152 Å². The predicted molar refractivity (Wildman–Crippen MR) is 94.5 cm³/mol. The van der Waals surface area contributed by atoms with Gasteiger partial charge in [0.2, 0.25) is 5.91 Å². The van der Waals surface area contributed by atoms with Crippen LogP contribution in [0.5, 0.6) is 0 Å². The average Bonchev–Trinajstić information content (AvgIpc) is 3.02. The molecule has 1 aliphatic rings. The second-order valence-electron chi connectivity index (χ2n) is 6.10. The van der Waals surface area contributed by atoms with Gasteiger partial charge in [0.15, 0.2) is 0 Å². The van der Waals surface area contributed by atoms with Gasteiger partial charge in [0.05, 0.1) is 31.4 Å². The number of halogens is 1. The maximum Gasteiger partial charge on any atom is 0.226 e. The zero-order chi connectivity index (χ0) is 17.6. The van der Waals surface area contributed by atoms with Gasteiger partial charge in [-0.2, -0.15) is 0 Å². The summed E-state index contributed by atoms with van der Waals surface area (Å²) in [6.45, 7) is 5.29. The summed E-state index contributed by atoms with van der Waals surface area (Å²) >= 11 is 6.39. The zero-order valence-corrected chi connectivity index (χ0v) is 15.0. The Balaban J connectivity index is 1.67. The van der Waals surface area contributed by atoms with Crippen molar-refractivity contribution in [1.29, 1.82) is 0 Å². The van der Waals surface area contributed by atoms with Gasteiger partial charge in [-0.25, -0.2) is 0 Å². The first-order chi connectivity index (χ1) is 12.1. The fraction of sp³-hybridized carbons (Fsp3) is 0.444. The third-order valence-corrected chi connectivity index (χ3v) is 4.61. The second kappa shape index (κ2) is 8.47. The van der Waals surface area contributed by atoms with E-state index in [1.54, 1.807) is 13.0 Å². The summed E-state index contributed by atoms with van der Waals surface area (Å²) in [4.78, 5) is 14.6. The normalized spacial score (nSPS) is 16.6. The number of carbonyl (C=O) groups excluding carboxylic acids is 1. The quantitative estimate of drug-likeness (QED) is 0.853. The van der Waals surface area contributed by atoms with Crippen LogP contribution in [0.25, 0.3) is 0 Å². The predicted octanol–water partition coefficient (Wildman–Crippen LogP) is 2.37. The van der Waals surface area contributed by atoms with Crippen molar-refractivity contribution in [3.05, 3.63) is 52.4 Å². The van der Waals surface area contributed by atoms with Crippen LogP contribution >= 0.6 is 11.6 Å². The monoisotopic (exact) mass is 363 g/mol. The lowest BCUT2D eigenvalue weighted by atomic mass is 10.0. The first-order valence-corrected chi connectivity index (χ1v) is 8.76. The number of aryl methyl sites for hydroxylation is 1. The molecular weight excluding hydrogens is 342 g/mol. The highest BCUT2D eigenvalue weighted by molar-refractivity contribution is 6.31. The number of amides is 1. The fourth-order valence-electron chi connectivity index (χ4n) is 3.01. The summed E-state index contributed by atoms with van der Waals surface area (Å²) < 4.78 is 10.4. The number of aromatic nitrogens is 1. The number of hydrogen-bond donors (Lipinski definition) is 1. The van der Waals surface area contributed by atoms with Gasteiger partial charge in [-0.3, -0.25) is 9.69 Å². The Morgan fingerprint density at radius 3 is 2.80 bits per heavy atom. The molecular formula is C18H22ClN3O3. The van der Waals surface area contributed by atoms with Gasteiger partial charge in [0.1, 0.15) is 5.76 Å². The van der Waals surface area contributed by atoms with E-state index in [2.05, 4.69) is 15.4 Å². The first-order valence-electron chi connectivity index (χ1n) is 8.38. The smallest absolute Gasteiger partial charge is 0.226 e. The number of morpholine rings is 1. The van der Waals surface area contributed by atoms with E-state index in [4.69, 9.17) is 20.9 Å². The molecule has 1 saturated heterocycles. The summed E-state index contributed by atoms with van der Waals surface area (Å²) in [5, 5.41) is 7.57. The summed E-state index contributed by atoms with van der Waals surface area (Å²) in [5.41, 5.74) is 1.65. The van der Waals surface area contributed by atoms with E-state index in [-0.39, 0.29) is 18.4 Å². The molecule has 7 heteroatoms. The zero-order valence-electron chi connectivity index (χ0n) is 14.2. The molecule has 3 rings (SSSR count). The van der Waals surface area contributed by atoms with Gasteiger partial charge in [0, 0.05) is 30.7 Å². The number of rotatable bonds is 6. The summed E-state index contributed by atoms with van der Waals surface area (Å²) in [6, 6.07) is 9.55. The number of ether oxygens (including phenoxy) is 1. The fourth-order valence-corrected chi connectivity index (χ4v) is 3.27. The molecule has 1 aliphatic heterocycles. The van der Waals surface area contributed by atoms with E-state index in [0.29, 0.717) is 36.2 Å². The minimum absolute atomic E-state index is 0.0144. The average molecular weight is 364 g/mol. The van der Waals surface area contributed by atoms with Crippen LogP contribution in [0.3, 0.4) is 0 Å². The third-order valence-electron chi connectivity index (χ3n) is 4.26. The number of hydrogen-bond acceptors (Lipinski definition) is 5. The van der Waals surface area contributed by atoms with Gasteiger partial charge in [-0.15, -0.1) is 0 Å². The SMILES string of the molecule is Cc1cc(CC(=O)NCC(c2ccccc2Cl)N2CCOCC2)no1. The molecule has 1 amide bonds. The van der Waals surface area contributed by atoms with E-state index >= 15 is 0 Å². The first kappa shape index (κ1) is 17.9. The highest BCUT2D eigenvalue weighted by atomic mass is 35.5. The second-order valence-corrected chi connectivity index (χ2v) is 6.50. The number of carbonyl (C=O) groups is 1. The molecule has 1 unspecified atom stereocenters. The molecule has 0 bridgehead atoms. The minimum Gasteiger partial charge on any atom is -0.379 e. The molecule has 1 atom stereocenters. The van der Waals surface area contributed by atoms with Gasteiger partial charge in [0.25, 0.3) is 0 Å². The highest BCUT2D eigenvalue weighted by Gasteiger charge is 2.25. The van der Waals surface area contributed by atoms with E-state index in [1.165, 1.54) is 0 Å². The molecule has 0 saturated carbocycles. The Bertz CT molecular complexity index is 713. The van der Waals surface area contributed by atoms with Crippen LogP contribution in [0.4, 0.5) is 0 Å². The van der Waals surface area contributed by atoms with E-state index in [0.717, 1.165) is 18.7 Å². The van der Waals surface area contributed by atoms with Crippen LogP contribution in [0.1, 0.15) is 23.1 Å². The maximum atomic E-state index is 12.3. The Morgan fingerprint density at radius 2 is 2.12 bits per heavy atom. The van der Waals surface area contributed by atoms with Gasteiger partial charge in [-0.05, 0) is 18.6 Å². The lowest BCUT2D eigenvalue weighted by molar-refractivity contribution is -0.120. The Hall–Kier alpha value is -1.89. The van der Waals surface area contributed by atoms with E-state index < -0.39 is 0 Å². The molecule has 0 spiro atoms. The summed E-state index contributed by atoms with van der Waals surface area (Å²) in [5.74, 6) is 0.615. The summed E-state index contributed by atoms with van der Waals surface area (Å²) in [6.07, 6.45) is 0.204. The molecule has 0 radical (unpaired) electrons. The number of nitrogens with one attached hydrogen (secondary N) is 1. The molecule has 134 valence electrons. The number of nitrogens with zero attached hydrogens (tertiary/aromatic N) is 2. The Kier molecular flexibility index (Phi) is 6.07. The lowest BCUT2D eigenvalue weighted by Crippen LogP contribution is -2.44.